The molecule has 1 aromatic carbocycles. The SMILES string of the molecule is COc1ccccc1CC(=O)NCCNc1ccc(C#N)cn1. The Bertz CT molecular complexity index is 692. The zero-order valence-corrected chi connectivity index (χ0v) is 12.9. The lowest BCUT2D eigenvalue weighted by Gasteiger charge is -2.09. The van der Waals surface area contributed by atoms with Gasteiger partial charge in [0, 0.05) is 24.8 Å². The fourth-order valence-corrected chi connectivity index (χ4v) is 2.04. The van der Waals surface area contributed by atoms with Crippen molar-refractivity contribution in [1.82, 2.24) is 10.3 Å². The first-order chi connectivity index (χ1) is 11.2. The molecule has 0 aliphatic carbocycles. The Morgan fingerprint density at radius 3 is 2.78 bits per heavy atom. The predicted octanol–water partition coefficient (Wildman–Crippen LogP) is 1.73. The number of carbonyl (C=O) groups excluding carboxylic acids is 1. The third-order valence-corrected chi connectivity index (χ3v) is 3.19. The highest BCUT2D eigenvalue weighted by Crippen LogP contribution is 2.17. The summed E-state index contributed by atoms with van der Waals surface area (Å²) in [6.07, 6.45) is 1.78. The molecule has 0 atom stereocenters. The largest absolute Gasteiger partial charge is 0.496 e. The van der Waals surface area contributed by atoms with Gasteiger partial charge in [-0.1, -0.05) is 18.2 Å². The molecule has 1 aromatic heterocycles. The maximum atomic E-state index is 11.9. The number of aromatic nitrogens is 1. The number of nitriles is 1. The Kier molecular flexibility index (Phi) is 5.95. The van der Waals surface area contributed by atoms with Gasteiger partial charge in [0.05, 0.1) is 19.1 Å². The standard InChI is InChI=1S/C17H18N4O2/c1-23-15-5-3-2-4-14(15)10-17(22)20-9-8-19-16-7-6-13(11-18)12-21-16/h2-7,12H,8-10H2,1H3,(H,19,21)(H,20,22). The molecular weight excluding hydrogens is 292 g/mol. The molecule has 0 unspecified atom stereocenters. The predicted molar refractivity (Wildman–Crippen MR) is 87.1 cm³/mol. The van der Waals surface area contributed by atoms with Crippen LogP contribution in [0.4, 0.5) is 5.82 Å². The van der Waals surface area contributed by atoms with Gasteiger partial charge in [-0.15, -0.1) is 0 Å². The highest BCUT2D eigenvalue weighted by atomic mass is 16.5. The number of pyridine rings is 1. The Labute approximate surface area is 135 Å². The van der Waals surface area contributed by atoms with E-state index in [0.717, 1.165) is 5.56 Å². The van der Waals surface area contributed by atoms with E-state index in [-0.39, 0.29) is 12.3 Å². The number of methoxy groups -OCH3 is 1. The summed E-state index contributed by atoms with van der Waals surface area (Å²) in [4.78, 5) is 16.0. The van der Waals surface area contributed by atoms with Crippen molar-refractivity contribution >= 4 is 11.7 Å². The van der Waals surface area contributed by atoms with E-state index in [1.54, 1.807) is 19.2 Å². The molecular formula is C17H18N4O2. The third kappa shape index (κ3) is 5.00. The molecule has 0 bridgehead atoms. The minimum Gasteiger partial charge on any atom is -0.496 e. The molecule has 0 saturated carbocycles. The second-order valence-corrected chi connectivity index (χ2v) is 4.81. The van der Waals surface area contributed by atoms with Crippen LogP contribution in [0.1, 0.15) is 11.1 Å². The van der Waals surface area contributed by atoms with Gasteiger partial charge in [-0.3, -0.25) is 4.79 Å². The van der Waals surface area contributed by atoms with Gasteiger partial charge in [-0.05, 0) is 18.2 Å². The van der Waals surface area contributed by atoms with Crippen molar-refractivity contribution in [2.45, 2.75) is 6.42 Å². The van der Waals surface area contributed by atoms with Gasteiger partial charge in [0.25, 0.3) is 0 Å². The average Bonchev–Trinajstić information content (AvgIpc) is 2.59. The van der Waals surface area contributed by atoms with Gasteiger partial charge in [0.1, 0.15) is 17.6 Å². The molecule has 2 N–H and O–H groups in total. The van der Waals surface area contributed by atoms with Crippen molar-refractivity contribution in [1.29, 1.82) is 5.26 Å². The van der Waals surface area contributed by atoms with Crippen molar-refractivity contribution in [2.24, 2.45) is 0 Å². The quantitative estimate of drug-likeness (QED) is 0.761. The van der Waals surface area contributed by atoms with Crippen LogP contribution in [0.15, 0.2) is 42.6 Å². The average molecular weight is 310 g/mol. The summed E-state index contributed by atoms with van der Waals surface area (Å²) in [6.45, 7) is 1.03. The van der Waals surface area contributed by atoms with E-state index in [1.807, 2.05) is 30.3 Å². The van der Waals surface area contributed by atoms with E-state index < -0.39 is 0 Å². The van der Waals surface area contributed by atoms with E-state index in [1.165, 1.54) is 6.20 Å². The molecule has 0 aliphatic rings. The number of para-hydroxylation sites is 1. The number of hydrogen-bond acceptors (Lipinski definition) is 5. The van der Waals surface area contributed by atoms with Crippen molar-refractivity contribution in [3.05, 3.63) is 53.7 Å². The number of nitrogens with one attached hydrogen (secondary N) is 2. The third-order valence-electron chi connectivity index (χ3n) is 3.19. The van der Waals surface area contributed by atoms with Crippen LogP contribution in [0.2, 0.25) is 0 Å². The lowest BCUT2D eigenvalue weighted by atomic mass is 10.1. The van der Waals surface area contributed by atoms with Gasteiger partial charge >= 0.3 is 0 Å². The maximum absolute atomic E-state index is 11.9. The monoisotopic (exact) mass is 310 g/mol. The number of anilines is 1. The number of benzene rings is 1. The number of amides is 1. The normalized spacial score (nSPS) is 9.74. The molecule has 2 rings (SSSR count). The first-order valence-electron chi connectivity index (χ1n) is 7.21. The van der Waals surface area contributed by atoms with Crippen LogP contribution in [0.25, 0.3) is 0 Å². The molecule has 0 fully saturated rings. The first kappa shape index (κ1) is 16.3. The van der Waals surface area contributed by atoms with Crippen molar-refractivity contribution < 1.29 is 9.53 Å². The first-order valence-corrected chi connectivity index (χ1v) is 7.21. The number of ether oxygens (including phenoxy) is 1. The summed E-state index contributed by atoms with van der Waals surface area (Å²) in [5, 5.41) is 14.6. The second kappa shape index (κ2) is 8.39. The Balaban J connectivity index is 1.73. The van der Waals surface area contributed by atoms with E-state index in [2.05, 4.69) is 15.6 Å². The van der Waals surface area contributed by atoms with Crippen LogP contribution in [0, 0.1) is 11.3 Å². The summed E-state index contributed by atoms with van der Waals surface area (Å²) < 4.78 is 5.23. The fraction of sp³-hybridized carbons (Fsp3) is 0.235. The Morgan fingerprint density at radius 1 is 1.26 bits per heavy atom. The van der Waals surface area contributed by atoms with E-state index in [0.29, 0.717) is 30.2 Å². The lowest BCUT2D eigenvalue weighted by Crippen LogP contribution is -2.30. The van der Waals surface area contributed by atoms with Gasteiger partial charge < -0.3 is 15.4 Å². The van der Waals surface area contributed by atoms with Gasteiger partial charge in [-0.25, -0.2) is 4.98 Å². The molecule has 6 nitrogen and oxygen atoms in total. The fourth-order valence-electron chi connectivity index (χ4n) is 2.04. The van der Waals surface area contributed by atoms with Gasteiger partial charge in [-0.2, -0.15) is 5.26 Å². The van der Waals surface area contributed by atoms with E-state index in [4.69, 9.17) is 10.00 Å². The van der Waals surface area contributed by atoms with Crippen LogP contribution in [-0.2, 0) is 11.2 Å². The number of carbonyl (C=O) groups is 1. The summed E-state index contributed by atoms with van der Waals surface area (Å²) in [5.74, 6) is 1.31. The molecule has 1 amide bonds. The van der Waals surface area contributed by atoms with Crippen LogP contribution in [0.5, 0.6) is 5.75 Å². The molecule has 1 heterocycles. The van der Waals surface area contributed by atoms with Crippen LogP contribution in [-0.4, -0.2) is 31.1 Å². The summed E-state index contributed by atoms with van der Waals surface area (Å²) in [6, 6.07) is 12.9. The smallest absolute Gasteiger partial charge is 0.224 e. The van der Waals surface area contributed by atoms with Crippen LogP contribution in [0.3, 0.4) is 0 Å². The minimum atomic E-state index is -0.0657. The van der Waals surface area contributed by atoms with Crippen molar-refractivity contribution in [3.63, 3.8) is 0 Å². The molecule has 0 spiro atoms. The summed E-state index contributed by atoms with van der Waals surface area (Å²) >= 11 is 0. The van der Waals surface area contributed by atoms with E-state index >= 15 is 0 Å². The maximum Gasteiger partial charge on any atom is 0.224 e. The molecule has 0 saturated heterocycles. The number of hydrogen-bond donors (Lipinski definition) is 2. The number of rotatable bonds is 7. The second-order valence-electron chi connectivity index (χ2n) is 4.81. The molecule has 0 radical (unpaired) electrons. The van der Waals surface area contributed by atoms with Crippen LogP contribution >= 0.6 is 0 Å². The topological polar surface area (TPSA) is 87.0 Å². The summed E-state index contributed by atoms with van der Waals surface area (Å²) in [5.41, 5.74) is 1.37. The van der Waals surface area contributed by atoms with Crippen molar-refractivity contribution in [3.8, 4) is 11.8 Å². The van der Waals surface area contributed by atoms with Gasteiger partial charge in [0.2, 0.25) is 5.91 Å². The zero-order chi connectivity index (χ0) is 16.5. The van der Waals surface area contributed by atoms with Crippen molar-refractivity contribution in [2.75, 3.05) is 25.5 Å². The lowest BCUT2D eigenvalue weighted by molar-refractivity contribution is -0.120. The highest BCUT2D eigenvalue weighted by Gasteiger charge is 2.07. The zero-order valence-electron chi connectivity index (χ0n) is 12.9. The minimum absolute atomic E-state index is 0.0657. The Morgan fingerprint density at radius 2 is 2.09 bits per heavy atom. The summed E-state index contributed by atoms with van der Waals surface area (Å²) in [7, 11) is 1.59. The molecule has 0 aliphatic heterocycles. The molecule has 6 heteroatoms. The Hall–Kier alpha value is -3.07. The van der Waals surface area contributed by atoms with Crippen LogP contribution < -0.4 is 15.4 Å². The number of nitrogens with zero attached hydrogens (tertiary/aromatic N) is 2. The molecule has 23 heavy (non-hydrogen) atoms. The molecule has 118 valence electrons. The highest BCUT2D eigenvalue weighted by molar-refractivity contribution is 5.79. The molecule has 2 aromatic rings. The van der Waals surface area contributed by atoms with Gasteiger partial charge in [0.15, 0.2) is 0 Å². The van der Waals surface area contributed by atoms with E-state index in [9.17, 15) is 4.79 Å².